The third-order valence-corrected chi connectivity index (χ3v) is 3.30. The van der Waals surface area contributed by atoms with Gasteiger partial charge in [0.25, 0.3) is 0 Å². The number of methoxy groups -OCH3 is 1. The second kappa shape index (κ2) is 5.10. The fourth-order valence-corrected chi connectivity index (χ4v) is 2.45. The van der Waals surface area contributed by atoms with Crippen molar-refractivity contribution in [2.75, 3.05) is 20.2 Å². The molecule has 1 aliphatic heterocycles. The minimum Gasteiger partial charge on any atom is -0.469 e. The first-order chi connectivity index (χ1) is 7.38. The first-order valence-electron chi connectivity index (χ1n) is 5.50. The van der Waals surface area contributed by atoms with E-state index in [4.69, 9.17) is 22.7 Å². The first-order valence-corrected chi connectivity index (χ1v) is 5.91. The lowest BCUT2D eigenvalue weighted by Gasteiger charge is -2.31. The van der Waals surface area contributed by atoms with Crippen molar-refractivity contribution in [1.29, 1.82) is 0 Å². The molecule has 92 valence electrons. The lowest BCUT2D eigenvalue weighted by Crippen LogP contribution is -2.46. The van der Waals surface area contributed by atoms with Gasteiger partial charge in [0.1, 0.15) is 0 Å². The highest BCUT2D eigenvalue weighted by atomic mass is 32.1. The Labute approximate surface area is 102 Å². The van der Waals surface area contributed by atoms with Gasteiger partial charge in [0, 0.05) is 6.54 Å². The van der Waals surface area contributed by atoms with Crippen LogP contribution in [0.1, 0.15) is 26.7 Å². The number of carbonyl (C=O) groups is 1. The number of rotatable bonds is 4. The molecule has 1 rings (SSSR count). The minimum atomic E-state index is -0.512. The van der Waals surface area contributed by atoms with E-state index in [0.29, 0.717) is 11.5 Å². The van der Waals surface area contributed by atoms with Crippen LogP contribution in [0.5, 0.6) is 0 Å². The van der Waals surface area contributed by atoms with Gasteiger partial charge in [0.2, 0.25) is 0 Å². The van der Waals surface area contributed by atoms with Gasteiger partial charge in [-0.25, -0.2) is 0 Å². The quantitative estimate of drug-likeness (QED) is 0.589. The number of nitrogens with two attached hydrogens (primary N) is 1. The number of ether oxygens (including phenoxy) is 1. The second-order valence-corrected chi connectivity index (χ2v) is 5.38. The number of esters is 1. The van der Waals surface area contributed by atoms with Crippen molar-refractivity contribution in [1.82, 2.24) is 4.90 Å². The molecule has 0 aromatic rings. The molecular weight excluding hydrogens is 224 g/mol. The summed E-state index contributed by atoms with van der Waals surface area (Å²) in [5.41, 5.74) is 5.18. The average Bonchev–Trinajstić information content (AvgIpc) is 2.63. The zero-order chi connectivity index (χ0) is 12.3. The fraction of sp³-hybridized carbons (Fsp3) is 0.818. The molecule has 1 heterocycles. The molecule has 1 saturated heterocycles. The van der Waals surface area contributed by atoms with Crippen molar-refractivity contribution in [2.24, 2.45) is 11.1 Å². The number of nitrogens with zero attached hydrogens (tertiary/aromatic N) is 1. The highest BCUT2D eigenvalue weighted by Crippen LogP contribution is 2.25. The topological polar surface area (TPSA) is 55.6 Å². The molecule has 1 aliphatic rings. The summed E-state index contributed by atoms with van der Waals surface area (Å²) in [6.45, 7) is 5.35. The number of hydrogen-bond donors (Lipinski definition) is 1. The third kappa shape index (κ3) is 2.92. The summed E-state index contributed by atoms with van der Waals surface area (Å²) in [6, 6.07) is 0.138. The van der Waals surface area contributed by atoms with Crippen LogP contribution >= 0.6 is 12.2 Å². The van der Waals surface area contributed by atoms with Crippen LogP contribution in [0.4, 0.5) is 0 Å². The van der Waals surface area contributed by atoms with Gasteiger partial charge in [-0.05, 0) is 33.2 Å². The van der Waals surface area contributed by atoms with Crippen LogP contribution < -0.4 is 5.73 Å². The molecule has 1 atom stereocenters. The summed E-state index contributed by atoms with van der Waals surface area (Å²) in [4.78, 5) is 14.3. The van der Waals surface area contributed by atoms with Gasteiger partial charge in [0.15, 0.2) is 0 Å². The summed E-state index contributed by atoms with van der Waals surface area (Å²) in [5.74, 6) is -0.193. The van der Waals surface area contributed by atoms with E-state index in [1.807, 2.05) is 13.8 Å². The molecule has 0 aromatic carbocycles. The molecule has 0 radical (unpaired) electrons. The minimum absolute atomic E-state index is 0.138. The average molecular weight is 244 g/mol. The smallest absolute Gasteiger partial charge is 0.312 e. The van der Waals surface area contributed by atoms with E-state index < -0.39 is 5.41 Å². The van der Waals surface area contributed by atoms with Crippen molar-refractivity contribution in [3.05, 3.63) is 0 Å². The zero-order valence-electron chi connectivity index (χ0n) is 10.2. The van der Waals surface area contributed by atoms with E-state index in [9.17, 15) is 4.79 Å². The van der Waals surface area contributed by atoms with E-state index in [2.05, 4.69) is 4.90 Å². The Morgan fingerprint density at radius 3 is 2.75 bits per heavy atom. The second-order valence-electron chi connectivity index (χ2n) is 4.91. The molecule has 2 N–H and O–H groups in total. The number of likely N-dealkylation sites (tertiary alicyclic amines) is 1. The Bertz CT molecular complexity index is 292. The van der Waals surface area contributed by atoms with Crippen LogP contribution in [0.15, 0.2) is 0 Å². The Morgan fingerprint density at radius 2 is 2.25 bits per heavy atom. The van der Waals surface area contributed by atoms with Crippen molar-refractivity contribution in [2.45, 2.75) is 32.7 Å². The Kier molecular flexibility index (Phi) is 4.27. The molecule has 0 aromatic heterocycles. The molecule has 1 fully saturated rings. The molecule has 5 heteroatoms. The molecule has 4 nitrogen and oxygen atoms in total. The van der Waals surface area contributed by atoms with Gasteiger partial charge in [-0.2, -0.15) is 0 Å². The first kappa shape index (κ1) is 13.4. The van der Waals surface area contributed by atoms with Gasteiger partial charge >= 0.3 is 5.97 Å². The monoisotopic (exact) mass is 244 g/mol. The molecule has 0 amide bonds. The maximum atomic E-state index is 11.6. The van der Waals surface area contributed by atoms with E-state index >= 15 is 0 Å². The van der Waals surface area contributed by atoms with E-state index in [1.54, 1.807) is 0 Å². The van der Waals surface area contributed by atoms with Crippen LogP contribution in [0.25, 0.3) is 0 Å². The largest absolute Gasteiger partial charge is 0.469 e. The van der Waals surface area contributed by atoms with Gasteiger partial charge in [-0.1, -0.05) is 12.2 Å². The number of hydrogen-bond acceptors (Lipinski definition) is 4. The highest BCUT2D eigenvalue weighted by molar-refractivity contribution is 7.80. The van der Waals surface area contributed by atoms with E-state index in [0.717, 1.165) is 19.4 Å². The molecule has 0 spiro atoms. The molecule has 0 bridgehead atoms. The van der Waals surface area contributed by atoms with Crippen molar-refractivity contribution >= 4 is 23.2 Å². The molecule has 0 saturated carbocycles. The predicted octanol–water partition coefficient (Wildman–Crippen LogP) is 0.936. The summed E-state index contributed by atoms with van der Waals surface area (Å²) in [6.07, 6.45) is 2.08. The van der Waals surface area contributed by atoms with Crippen LogP contribution in [0.2, 0.25) is 0 Å². The Balaban J connectivity index is 2.66. The third-order valence-electron chi connectivity index (χ3n) is 3.03. The summed E-state index contributed by atoms with van der Waals surface area (Å²) >= 11 is 5.04. The van der Waals surface area contributed by atoms with Gasteiger partial charge in [-0.15, -0.1) is 0 Å². The SMILES string of the molecule is COC(=O)C(C)(C)CN1CCCC1C(N)=S. The summed E-state index contributed by atoms with van der Waals surface area (Å²) in [7, 11) is 1.42. The van der Waals surface area contributed by atoms with Crippen LogP contribution in [0.3, 0.4) is 0 Å². The van der Waals surface area contributed by atoms with Crippen LogP contribution in [0, 0.1) is 5.41 Å². The number of carbonyl (C=O) groups excluding carboxylic acids is 1. The normalized spacial score (nSPS) is 22.1. The standard InChI is InChI=1S/C11H20N2O2S/c1-11(2,10(14)15-3)7-13-6-4-5-8(13)9(12)16/h8H,4-7H2,1-3H3,(H2,12,16). The molecule has 1 unspecified atom stereocenters. The van der Waals surface area contributed by atoms with Gasteiger partial charge in [-0.3, -0.25) is 9.69 Å². The van der Waals surface area contributed by atoms with E-state index in [-0.39, 0.29) is 12.0 Å². The summed E-state index contributed by atoms with van der Waals surface area (Å²) in [5, 5.41) is 0. The van der Waals surface area contributed by atoms with Crippen LogP contribution in [-0.4, -0.2) is 42.1 Å². The fourth-order valence-electron chi connectivity index (χ4n) is 2.19. The molecule has 16 heavy (non-hydrogen) atoms. The lowest BCUT2D eigenvalue weighted by molar-refractivity contribution is -0.151. The summed E-state index contributed by atoms with van der Waals surface area (Å²) < 4.78 is 4.79. The predicted molar refractivity (Wildman–Crippen MR) is 67.2 cm³/mol. The Hall–Kier alpha value is -0.680. The van der Waals surface area contributed by atoms with Crippen molar-refractivity contribution in [3.63, 3.8) is 0 Å². The molecular formula is C11H20N2O2S. The maximum Gasteiger partial charge on any atom is 0.312 e. The van der Waals surface area contributed by atoms with Gasteiger partial charge < -0.3 is 10.5 Å². The van der Waals surface area contributed by atoms with Gasteiger partial charge in [0.05, 0.1) is 23.6 Å². The molecule has 0 aliphatic carbocycles. The van der Waals surface area contributed by atoms with Crippen LogP contribution in [-0.2, 0) is 9.53 Å². The van der Waals surface area contributed by atoms with Crippen molar-refractivity contribution < 1.29 is 9.53 Å². The highest BCUT2D eigenvalue weighted by Gasteiger charge is 2.36. The number of thiocarbonyl (C=S) groups is 1. The van der Waals surface area contributed by atoms with Crippen molar-refractivity contribution in [3.8, 4) is 0 Å². The van der Waals surface area contributed by atoms with E-state index in [1.165, 1.54) is 7.11 Å². The lowest BCUT2D eigenvalue weighted by atomic mass is 9.92. The zero-order valence-corrected chi connectivity index (χ0v) is 11.0. The Morgan fingerprint density at radius 1 is 1.62 bits per heavy atom. The maximum absolute atomic E-state index is 11.6.